The van der Waals surface area contributed by atoms with Gasteiger partial charge in [-0.15, -0.1) is 0 Å². The van der Waals surface area contributed by atoms with Crippen LogP contribution in [0.4, 0.5) is 0 Å². The van der Waals surface area contributed by atoms with Crippen molar-refractivity contribution in [3.63, 3.8) is 0 Å². The molecule has 0 amide bonds. The molecule has 0 aromatic heterocycles. The van der Waals surface area contributed by atoms with Crippen LogP contribution >= 0.6 is 24.4 Å². The van der Waals surface area contributed by atoms with E-state index in [2.05, 4.69) is 58.3 Å². The number of hydrogen-bond acceptors (Lipinski definition) is 2. The zero-order valence-corrected chi connectivity index (χ0v) is 13.9. The molecule has 0 spiro atoms. The third-order valence-electron chi connectivity index (χ3n) is 3.83. The third kappa shape index (κ3) is 3.51. The molecule has 3 rings (SSSR count). The van der Waals surface area contributed by atoms with Crippen LogP contribution in [0.15, 0.2) is 60.7 Å². The highest BCUT2D eigenvalue weighted by atomic mass is 32.1. The molecule has 1 aliphatic heterocycles. The van der Waals surface area contributed by atoms with E-state index in [0.29, 0.717) is 0 Å². The van der Waals surface area contributed by atoms with Gasteiger partial charge in [-0.1, -0.05) is 85.1 Å². The molecule has 1 aliphatic rings. The van der Waals surface area contributed by atoms with Crippen LogP contribution in [0.5, 0.6) is 0 Å². The Morgan fingerprint density at radius 3 is 1.36 bits per heavy atom. The van der Waals surface area contributed by atoms with Crippen LogP contribution in [-0.2, 0) is 13.1 Å². The van der Waals surface area contributed by atoms with Gasteiger partial charge in [0.2, 0.25) is 0 Å². The Morgan fingerprint density at radius 2 is 1.00 bits per heavy atom. The molecule has 0 aliphatic carbocycles. The van der Waals surface area contributed by atoms with Crippen molar-refractivity contribution in [1.82, 2.24) is 9.80 Å². The maximum absolute atomic E-state index is 5.59. The third-order valence-corrected chi connectivity index (χ3v) is 4.86. The SMILES string of the molecule is S=C1C(=S)N(Cc2ccccc2)CCN1Cc1ccccc1. The molecule has 0 radical (unpaired) electrons. The van der Waals surface area contributed by atoms with Crippen LogP contribution in [0, 0.1) is 0 Å². The zero-order valence-electron chi connectivity index (χ0n) is 12.3. The summed E-state index contributed by atoms with van der Waals surface area (Å²) < 4.78 is 0. The van der Waals surface area contributed by atoms with E-state index in [1.807, 2.05) is 12.1 Å². The van der Waals surface area contributed by atoms with Crippen molar-refractivity contribution < 1.29 is 0 Å². The summed E-state index contributed by atoms with van der Waals surface area (Å²) in [5.74, 6) is 0. The highest BCUT2D eigenvalue weighted by molar-refractivity contribution is 7.89. The van der Waals surface area contributed by atoms with E-state index in [1.165, 1.54) is 11.1 Å². The highest BCUT2D eigenvalue weighted by Crippen LogP contribution is 2.15. The quantitative estimate of drug-likeness (QED) is 0.791. The van der Waals surface area contributed by atoms with Gasteiger partial charge in [-0.25, -0.2) is 0 Å². The van der Waals surface area contributed by atoms with Gasteiger partial charge in [0.05, 0.1) is 0 Å². The number of thiocarbonyl (C=S) groups is 2. The number of hydrogen-bond donors (Lipinski definition) is 0. The average Bonchev–Trinajstić information content (AvgIpc) is 2.56. The molecule has 0 atom stereocenters. The van der Waals surface area contributed by atoms with Gasteiger partial charge in [0.15, 0.2) is 0 Å². The fourth-order valence-electron chi connectivity index (χ4n) is 2.62. The Hall–Kier alpha value is -1.78. The van der Waals surface area contributed by atoms with Crippen molar-refractivity contribution in [1.29, 1.82) is 0 Å². The Morgan fingerprint density at radius 1 is 0.636 bits per heavy atom. The van der Waals surface area contributed by atoms with Crippen molar-refractivity contribution in [2.24, 2.45) is 0 Å². The Bertz CT molecular complexity index is 596. The maximum Gasteiger partial charge on any atom is 0.137 e. The lowest BCUT2D eigenvalue weighted by atomic mass is 10.1. The summed E-state index contributed by atoms with van der Waals surface area (Å²) in [5.41, 5.74) is 2.54. The molecular weight excluding hydrogens is 308 g/mol. The lowest BCUT2D eigenvalue weighted by molar-refractivity contribution is 0.315. The molecule has 0 N–H and O–H groups in total. The van der Waals surface area contributed by atoms with Crippen molar-refractivity contribution >= 4 is 34.4 Å². The van der Waals surface area contributed by atoms with Crippen LogP contribution in [0.2, 0.25) is 0 Å². The first-order chi connectivity index (χ1) is 10.7. The first-order valence-corrected chi connectivity index (χ1v) is 8.22. The van der Waals surface area contributed by atoms with Gasteiger partial charge >= 0.3 is 0 Å². The molecule has 0 unspecified atom stereocenters. The van der Waals surface area contributed by atoms with E-state index in [9.17, 15) is 0 Å². The van der Waals surface area contributed by atoms with E-state index < -0.39 is 0 Å². The topological polar surface area (TPSA) is 6.48 Å². The van der Waals surface area contributed by atoms with Crippen molar-refractivity contribution in [3.8, 4) is 0 Å². The average molecular weight is 326 g/mol. The van der Waals surface area contributed by atoms with Crippen LogP contribution < -0.4 is 0 Å². The van der Waals surface area contributed by atoms with Crippen LogP contribution in [-0.4, -0.2) is 32.9 Å². The van der Waals surface area contributed by atoms with Gasteiger partial charge in [-0.05, 0) is 11.1 Å². The summed E-state index contributed by atoms with van der Waals surface area (Å²) >= 11 is 11.2. The second kappa shape index (κ2) is 6.99. The van der Waals surface area contributed by atoms with Gasteiger partial charge < -0.3 is 9.80 Å². The van der Waals surface area contributed by atoms with E-state index in [-0.39, 0.29) is 0 Å². The summed E-state index contributed by atoms with van der Waals surface area (Å²) in [7, 11) is 0. The largest absolute Gasteiger partial charge is 0.354 e. The van der Waals surface area contributed by atoms with Gasteiger partial charge in [0, 0.05) is 26.2 Å². The maximum atomic E-state index is 5.59. The molecule has 0 saturated carbocycles. The lowest BCUT2D eigenvalue weighted by Gasteiger charge is -2.38. The number of piperazine rings is 1. The number of benzene rings is 2. The molecule has 2 nitrogen and oxygen atoms in total. The molecule has 1 fully saturated rings. The Labute approximate surface area is 142 Å². The Kier molecular flexibility index (Phi) is 4.80. The molecule has 4 heteroatoms. The predicted octanol–water partition coefficient (Wildman–Crippen LogP) is 3.66. The minimum Gasteiger partial charge on any atom is -0.354 e. The molecule has 22 heavy (non-hydrogen) atoms. The fraction of sp³-hybridized carbons (Fsp3) is 0.222. The summed E-state index contributed by atoms with van der Waals surface area (Å²) in [4.78, 5) is 5.99. The van der Waals surface area contributed by atoms with Crippen LogP contribution in [0.3, 0.4) is 0 Å². The van der Waals surface area contributed by atoms with E-state index in [4.69, 9.17) is 24.4 Å². The van der Waals surface area contributed by atoms with Gasteiger partial charge in [0.25, 0.3) is 0 Å². The minimum absolute atomic E-state index is 0.793. The smallest absolute Gasteiger partial charge is 0.137 e. The second-order valence-corrected chi connectivity index (χ2v) is 6.20. The first-order valence-electron chi connectivity index (χ1n) is 7.40. The zero-order chi connectivity index (χ0) is 15.4. The number of rotatable bonds is 4. The molecule has 1 saturated heterocycles. The summed E-state index contributed by atoms with van der Waals surface area (Å²) in [5, 5.41) is 0. The predicted molar refractivity (Wildman–Crippen MR) is 98.9 cm³/mol. The molecule has 2 aromatic carbocycles. The van der Waals surface area contributed by atoms with Crippen LogP contribution in [0.1, 0.15) is 11.1 Å². The van der Waals surface area contributed by atoms with Gasteiger partial charge in [0.1, 0.15) is 9.98 Å². The van der Waals surface area contributed by atoms with Crippen molar-refractivity contribution in [2.45, 2.75) is 13.1 Å². The molecule has 112 valence electrons. The van der Waals surface area contributed by atoms with E-state index in [1.54, 1.807) is 0 Å². The molecule has 0 bridgehead atoms. The summed E-state index contributed by atoms with van der Waals surface area (Å²) in [6.07, 6.45) is 0. The summed E-state index contributed by atoms with van der Waals surface area (Å²) in [6, 6.07) is 20.8. The second-order valence-electron chi connectivity index (χ2n) is 5.42. The lowest BCUT2D eigenvalue weighted by Crippen LogP contribution is -2.51. The summed E-state index contributed by atoms with van der Waals surface area (Å²) in [6.45, 7) is 3.50. The Balaban J connectivity index is 1.64. The van der Waals surface area contributed by atoms with Gasteiger partial charge in [-0.2, -0.15) is 0 Å². The minimum atomic E-state index is 0.793. The standard InChI is InChI=1S/C18H18N2S2/c21-17-18(22)20(14-16-9-5-2-6-10-16)12-11-19(17)13-15-7-3-1-4-8-15/h1-10H,11-14H2. The van der Waals surface area contributed by atoms with E-state index >= 15 is 0 Å². The van der Waals surface area contributed by atoms with Gasteiger partial charge in [-0.3, -0.25) is 0 Å². The molecule has 2 aromatic rings. The van der Waals surface area contributed by atoms with E-state index in [0.717, 1.165) is 36.2 Å². The van der Waals surface area contributed by atoms with Crippen molar-refractivity contribution in [3.05, 3.63) is 71.8 Å². The normalized spacial score (nSPS) is 15.3. The van der Waals surface area contributed by atoms with Crippen molar-refractivity contribution in [2.75, 3.05) is 13.1 Å². The molecular formula is C18H18N2S2. The monoisotopic (exact) mass is 326 g/mol. The first kappa shape index (κ1) is 15.1. The van der Waals surface area contributed by atoms with Crippen LogP contribution in [0.25, 0.3) is 0 Å². The molecule has 1 heterocycles. The highest BCUT2D eigenvalue weighted by Gasteiger charge is 2.25. The fourth-order valence-corrected chi connectivity index (χ4v) is 3.19. The number of nitrogens with zero attached hydrogens (tertiary/aromatic N) is 2.